The monoisotopic (exact) mass is 343 g/mol. The largest absolute Gasteiger partial charge is 0.493 e. The molecule has 0 aromatic heterocycles. The summed E-state index contributed by atoms with van der Waals surface area (Å²) in [6.45, 7) is 1.80. The number of nitrogens with one attached hydrogen (secondary N) is 1. The number of amides is 1. The maximum absolute atomic E-state index is 12.1. The van der Waals surface area contributed by atoms with Gasteiger partial charge in [0, 0.05) is 5.56 Å². The molecule has 0 fully saturated rings. The zero-order valence-electron chi connectivity index (χ0n) is 14.0. The van der Waals surface area contributed by atoms with Crippen LogP contribution in [0.3, 0.4) is 0 Å². The number of benzene rings is 2. The minimum absolute atomic E-state index is 0.174. The zero-order valence-corrected chi connectivity index (χ0v) is 14.0. The number of nitro groups is 1. The summed E-state index contributed by atoms with van der Waals surface area (Å²) in [6.07, 6.45) is 1.19. The Balaban J connectivity index is 2.26. The summed E-state index contributed by atoms with van der Waals surface area (Å²) in [5.41, 5.74) is 3.59. The summed E-state index contributed by atoms with van der Waals surface area (Å²) in [5.74, 6) is 0.146. The van der Waals surface area contributed by atoms with Crippen LogP contribution in [-0.4, -0.2) is 31.3 Å². The van der Waals surface area contributed by atoms with Gasteiger partial charge in [-0.1, -0.05) is 18.2 Å². The second-order valence-electron chi connectivity index (χ2n) is 5.04. The van der Waals surface area contributed by atoms with Gasteiger partial charge in [0.1, 0.15) is 0 Å². The third-order valence-electron chi connectivity index (χ3n) is 3.49. The zero-order chi connectivity index (χ0) is 18.4. The highest BCUT2D eigenvalue weighted by molar-refractivity contribution is 5.96. The lowest BCUT2D eigenvalue weighted by molar-refractivity contribution is -0.385. The third-order valence-corrected chi connectivity index (χ3v) is 3.49. The van der Waals surface area contributed by atoms with E-state index in [0.29, 0.717) is 11.3 Å². The maximum Gasteiger partial charge on any atom is 0.282 e. The number of methoxy groups -OCH3 is 2. The molecule has 2 aromatic rings. The molecule has 0 heterocycles. The Morgan fingerprint density at radius 3 is 2.44 bits per heavy atom. The summed E-state index contributed by atoms with van der Waals surface area (Å²) < 4.78 is 10.2. The van der Waals surface area contributed by atoms with Gasteiger partial charge in [-0.3, -0.25) is 14.9 Å². The lowest BCUT2D eigenvalue weighted by atomic mass is 10.1. The van der Waals surface area contributed by atoms with Crippen molar-refractivity contribution in [2.24, 2.45) is 5.10 Å². The van der Waals surface area contributed by atoms with Crippen LogP contribution < -0.4 is 14.9 Å². The number of aryl methyl sites for hydroxylation is 1. The van der Waals surface area contributed by atoms with Gasteiger partial charge in [-0.25, -0.2) is 5.43 Å². The van der Waals surface area contributed by atoms with Crippen molar-refractivity contribution in [2.45, 2.75) is 6.92 Å². The van der Waals surface area contributed by atoms with E-state index >= 15 is 0 Å². The molecule has 2 aromatic carbocycles. The fourth-order valence-electron chi connectivity index (χ4n) is 2.19. The van der Waals surface area contributed by atoms with Gasteiger partial charge >= 0.3 is 0 Å². The number of ether oxygens (including phenoxy) is 2. The van der Waals surface area contributed by atoms with E-state index < -0.39 is 10.8 Å². The summed E-state index contributed by atoms with van der Waals surface area (Å²) in [4.78, 5) is 22.7. The number of carbonyl (C=O) groups is 1. The van der Waals surface area contributed by atoms with Crippen LogP contribution in [0, 0.1) is 17.0 Å². The first-order chi connectivity index (χ1) is 12.0. The normalized spacial score (nSPS) is 10.5. The minimum atomic E-state index is -0.563. The summed E-state index contributed by atoms with van der Waals surface area (Å²) >= 11 is 0. The smallest absolute Gasteiger partial charge is 0.282 e. The molecule has 1 N–H and O–H groups in total. The first-order valence-electron chi connectivity index (χ1n) is 7.27. The summed E-state index contributed by atoms with van der Waals surface area (Å²) in [7, 11) is 2.81. The molecule has 1 amide bonds. The van der Waals surface area contributed by atoms with Crippen LogP contribution in [0.25, 0.3) is 0 Å². The molecule has 0 bridgehead atoms. The second kappa shape index (κ2) is 7.91. The van der Waals surface area contributed by atoms with Gasteiger partial charge < -0.3 is 9.47 Å². The van der Waals surface area contributed by atoms with Crippen molar-refractivity contribution in [3.05, 3.63) is 63.2 Å². The van der Waals surface area contributed by atoms with Gasteiger partial charge in [0.25, 0.3) is 11.6 Å². The molecule has 0 saturated carbocycles. The molecule has 0 spiro atoms. The Morgan fingerprint density at radius 2 is 1.84 bits per heavy atom. The van der Waals surface area contributed by atoms with Crippen molar-refractivity contribution in [3.8, 4) is 11.5 Å². The molecule has 0 unspecified atom stereocenters. The lowest BCUT2D eigenvalue weighted by Crippen LogP contribution is -2.18. The van der Waals surface area contributed by atoms with Crippen molar-refractivity contribution < 1.29 is 19.2 Å². The van der Waals surface area contributed by atoms with Crippen LogP contribution in [0.15, 0.2) is 41.5 Å². The van der Waals surface area contributed by atoms with Gasteiger partial charge in [0.2, 0.25) is 0 Å². The maximum atomic E-state index is 12.1. The number of carbonyl (C=O) groups excluding carboxylic acids is 1. The number of hydrogen-bond acceptors (Lipinski definition) is 6. The highest BCUT2D eigenvalue weighted by atomic mass is 16.6. The van der Waals surface area contributed by atoms with Gasteiger partial charge in [-0.05, 0) is 24.6 Å². The predicted octanol–water partition coefficient (Wildman–Crippen LogP) is 2.68. The Hall–Kier alpha value is -3.42. The van der Waals surface area contributed by atoms with Crippen molar-refractivity contribution in [3.63, 3.8) is 0 Å². The molecule has 0 aliphatic rings. The van der Waals surface area contributed by atoms with Crippen molar-refractivity contribution in [2.75, 3.05) is 14.2 Å². The Morgan fingerprint density at radius 1 is 1.20 bits per heavy atom. The first-order valence-corrected chi connectivity index (χ1v) is 7.27. The molecule has 0 saturated heterocycles. The van der Waals surface area contributed by atoms with Crippen LogP contribution in [0.4, 0.5) is 5.69 Å². The molecule has 8 nitrogen and oxygen atoms in total. The van der Waals surface area contributed by atoms with E-state index in [9.17, 15) is 14.9 Å². The SMILES string of the molecule is COc1cc(C=NNC(=O)c2ccccc2C)c([N+](=O)[O-])cc1OC. The Bertz CT molecular complexity index is 833. The predicted molar refractivity (Wildman–Crippen MR) is 92.4 cm³/mol. The quantitative estimate of drug-likeness (QED) is 0.493. The minimum Gasteiger partial charge on any atom is -0.493 e. The number of nitro benzene ring substituents is 1. The average molecular weight is 343 g/mol. The van der Waals surface area contributed by atoms with Crippen molar-refractivity contribution in [1.82, 2.24) is 5.43 Å². The molecule has 0 atom stereocenters. The number of nitrogens with zero attached hydrogens (tertiary/aromatic N) is 2. The lowest BCUT2D eigenvalue weighted by Gasteiger charge is -2.08. The van der Waals surface area contributed by atoms with E-state index in [0.717, 1.165) is 5.56 Å². The topological polar surface area (TPSA) is 103 Å². The van der Waals surface area contributed by atoms with E-state index in [1.165, 1.54) is 32.6 Å². The summed E-state index contributed by atoms with van der Waals surface area (Å²) in [5, 5.41) is 15.0. The highest BCUT2D eigenvalue weighted by Gasteiger charge is 2.18. The van der Waals surface area contributed by atoms with Crippen LogP contribution in [0.5, 0.6) is 11.5 Å². The number of hydrogen-bond donors (Lipinski definition) is 1. The van der Waals surface area contributed by atoms with Crippen LogP contribution in [0.2, 0.25) is 0 Å². The van der Waals surface area contributed by atoms with Crippen molar-refractivity contribution in [1.29, 1.82) is 0 Å². The van der Waals surface area contributed by atoms with E-state index in [2.05, 4.69) is 10.5 Å². The fraction of sp³-hybridized carbons (Fsp3) is 0.176. The number of rotatable bonds is 6. The first kappa shape index (κ1) is 17.9. The van der Waals surface area contributed by atoms with E-state index in [-0.39, 0.29) is 17.0 Å². The van der Waals surface area contributed by atoms with E-state index in [1.807, 2.05) is 6.07 Å². The van der Waals surface area contributed by atoms with Gasteiger partial charge in [0.15, 0.2) is 11.5 Å². The average Bonchev–Trinajstić information content (AvgIpc) is 2.61. The molecule has 0 aliphatic carbocycles. The standard InChI is InChI=1S/C17H17N3O5/c1-11-6-4-5-7-13(11)17(21)19-18-10-12-8-15(24-2)16(25-3)9-14(12)20(22)23/h4-10H,1-3H3,(H,19,21). The molecular weight excluding hydrogens is 326 g/mol. The fourth-order valence-corrected chi connectivity index (χ4v) is 2.19. The molecule has 8 heteroatoms. The van der Waals surface area contributed by atoms with Gasteiger partial charge in [0.05, 0.1) is 37.0 Å². The molecule has 0 radical (unpaired) electrons. The summed E-state index contributed by atoms with van der Waals surface area (Å²) in [6, 6.07) is 9.69. The number of hydrazone groups is 1. The second-order valence-corrected chi connectivity index (χ2v) is 5.04. The Labute approximate surface area is 144 Å². The van der Waals surface area contributed by atoms with Crippen molar-refractivity contribution >= 4 is 17.8 Å². The third kappa shape index (κ3) is 4.11. The molecule has 25 heavy (non-hydrogen) atoms. The van der Waals surface area contributed by atoms with E-state index in [4.69, 9.17) is 9.47 Å². The van der Waals surface area contributed by atoms with Gasteiger partial charge in [-0.15, -0.1) is 0 Å². The van der Waals surface area contributed by atoms with E-state index in [1.54, 1.807) is 25.1 Å². The molecule has 2 rings (SSSR count). The molecule has 0 aliphatic heterocycles. The molecular formula is C17H17N3O5. The van der Waals surface area contributed by atoms with Crippen LogP contribution in [-0.2, 0) is 0 Å². The van der Waals surface area contributed by atoms with Crippen LogP contribution >= 0.6 is 0 Å². The molecule has 130 valence electrons. The van der Waals surface area contributed by atoms with Gasteiger partial charge in [-0.2, -0.15) is 5.10 Å². The Kier molecular flexibility index (Phi) is 5.67. The van der Waals surface area contributed by atoms with Crippen LogP contribution in [0.1, 0.15) is 21.5 Å². The highest BCUT2D eigenvalue weighted by Crippen LogP contribution is 2.33.